The Kier molecular flexibility index (Phi) is 5.42. The van der Waals surface area contributed by atoms with Crippen molar-refractivity contribution in [2.45, 2.75) is 19.9 Å². The monoisotopic (exact) mass is 282 g/mol. The largest absolute Gasteiger partial charge is 0.395 e. The summed E-state index contributed by atoms with van der Waals surface area (Å²) in [5, 5.41) is 19.9. The van der Waals surface area contributed by atoms with Crippen LogP contribution >= 0.6 is 0 Å². The van der Waals surface area contributed by atoms with Gasteiger partial charge in [0.15, 0.2) is 0 Å². The minimum atomic E-state index is -0.613. The number of benzene rings is 1. The molecule has 0 saturated carbocycles. The summed E-state index contributed by atoms with van der Waals surface area (Å²) in [4.78, 5) is 24.0. The van der Waals surface area contributed by atoms with E-state index in [-0.39, 0.29) is 42.0 Å². The Morgan fingerprint density at radius 3 is 2.65 bits per heavy atom. The van der Waals surface area contributed by atoms with Gasteiger partial charge in [-0.2, -0.15) is 0 Å². The van der Waals surface area contributed by atoms with Gasteiger partial charge in [0.1, 0.15) is 5.69 Å². The molecule has 8 heteroatoms. The number of nitrogens with one attached hydrogen (secondary N) is 1. The number of hydrogen-bond donors (Lipinski definition) is 3. The Hall–Kier alpha value is -2.19. The number of rotatable bonds is 6. The van der Waals surface area contributed by atoms with E-state index >= 15 is 0 Å². The van der Waals surface area contributed by atoms with Gasteiger partial charge in [-0.05, 0) is 26.0 Å². The molecule has 0 aliphatic rings. The molecule has 0 unspecified atom stereocenters. The topological polar surface area (TPSA) is 122 Å². The van der Waals surface area contributed by atoms with Crippen LogP contribution in [0.5, 0.6) is 0 Å². The van der Waals surface area contributed by atoms with Gasteiger partial charge in [0.05, 0.1) is 11.5 Å². The van der Waals surface area contributed by atoms with Crippen molar-refractivity contribution >= 4 is 17.3 Å². The third kappa shape index (κ3) is 3.43. The van der Waals surface area contributed by atoms with Gasteiger partial charge in [-0.15, -0.1) is 0 Å². The van der Waals surface area contributed by atoms with Crippen molar-refractivity contribution in [1.29, 1.82) is 0 Å². The highest BCUT2D eigenvalue weighted by atomic mass is 16.6. The molecule has 0 fully saturated rings. The zero-order valence-electron chi connectivity index (χ0n) is 11.4. The van der Waals surface area contributed by atoms with Crippen LogP contribution in [-0.2, 0) is 0 Å². The summed E-state index contributed by atoms with van der Waals surface area (Å²) in [6.45, 7) is 3.60. The van der Waals surface area contributed by atoms with Gasteiger partial charge in [0.25, 0.3) is 11.6 Å². The Balaban J connectivity index is 3.15. The van der Waals surface area contributed by atoms with Crippen LogP contribution in [0.1, 0.15) is 24.2 Å². The number of nitro benzene ring substituents is 1. The zero-order valence-corrected chi connectivity index (χ0v) is 11.4. The van der Waals surface area contributed by atoms with E-state index in [9.17, 15) is 14.9 Å². The highest BCUT2D eigenvalue weighted by molar-refractivity contribution is 5.96. The molecular formula is C12H18N4O4. The van der Waals surface area contributed by atoms with Gasteiger partial charge in [-0.25, -0.2) is 0 Å². The molecule has 0 atom stereocenters. The summed E-state index contributed by atoms with van der Waals surface area (Å²) < 4.78 is 0. The van der Waals surface area contributed by atoms with Gasteiger partial charge in [-0.3, -0.25) is 20.8 Å². The molecule has 1 amide bonds. The smallest absolute Gasteiger partial charge is 0.294 e. The van der Waals surface area contributed by atoms with E-state index < -0.39 is 4.92 Å². The van der Waals surface area contributed by atoms with Crippen LogP contribution in [-0.4, -0.2) is 40.0 Å². The molecule has 4 N–H and O–H groups in total. The van der Waals surface area contributed by atoms with E-state index in [4.69, 9.17) is 10.9 Å². The molecule has 0 spiro atoms. The van der Waals surface area contributed by atoms with Crippen LogP contribution in [0.25, 0.3) is 0 Å². The third-order valence-electron chi connectivity index (χ3n) is 2.82. The molecule has 20 heavy (non-hydrogen) atoms. The van der Waals surface area contributed by atoms with E-state index in [1.807, 2.05) is 0 Å². The van der Waals surface area contributed by atoms with E-state index in [1.54, 1.807) is 13.8 Å². The third-order valence-corrected chi connectivity index (χ3v) is 2.82. The first kappa shape index (κ1) is 15.9. The number of aliphatic hydroxyl groups is 1. The number of hydrogen-bond acceptors (Lipinski definition) is 6. The van der Waals surface area contributed by atoms with E-state index in [0.717, 1.165) is 0 Å². The lowest BCUT2D eigenvalue weighted by atomic mass is 10.1. The van der Waals surface area contributed by atoms with Crippen molar-refractivity contribution in [3.8, 4) is 0 Å². The van der Waals surface area contributed by atoms with Crippen molar-refractivity contribution in [2.24, 2.45) is 5.84 Å². The minimum Gasteiger partial charge on any atom is -0.395 e. The molecule has 1 rings (SSSR count). The van der Waals surface area contributed by atoms with Crippen LogP contribution in [0.4, 0.5) is 11.4 Å². The fourth-order valence-corrected chi connectivity index (χ4v) is 1.81. The van der Waals surface area contributed by atoms with Crippen LogP contribution in [0.3, 0.4) is 0 Å². The maximum atomic E-state index is 12.3. The first-order valence-electron chi connectivity index (χ1n) is 6.09. The molecule has 0 heterocycles. The normalized spacial score (nSPS) is 10.4. The maximum absolute atomic E-state index is 12.3. The molecule has 0 bridgehead atoms. The van der Waals surface area contributed by atoms with Gasteiger partial charge in [0.2, 0.25) is 0 Å². The first-order chi connectivity index (χ1) is 9.42. The van der Waals surface area contributed by atoms with Crippen LogP contribution in [0.15, 0.2) is 18.2 Å². The Bertz CT molecular complexity index is 504. The number of nitrogen functional groups attached to an aromatic ring is 1. The van der Waals surface area contributed by atoms with Crippen molar-refractivity contribution in [2.75, 3.05) is 18.6 Å². The van der Waals surface area contributed by atoms with Crippen molar-refractivity contribution < 1.29 is 14.8 Å². The zero-order chi connectivity index (χ0) is 15.3. The van der Waals surface area contributed by atoms with E-state index in [1.165, 1.54) is 23.1 Å². The fraction of sp³-hybridized carbons (Fsp3) is 0.417. The number of nitro groups is 1. The number of anilines is 1. The lowest BCUT2D eigenvalue weighted by molar-refractivity contribution is -0.384. The van der Waals surface area contributed by atoms with Crippen molar-refractivity contribution in [3.05, 3.63) is 33.9 Å². The molecule has 0 radical (unpaired) electrons. The Labute approximate surface area is 116 Å². The Morgan fingerprint density at radius 1 is 1.55 bits per heavy atom. The van der Waals surface area contributed by atoms with E-state index in [2.05, 4.69) is 5.43 Å². The van der Waals surface area contributed by atoms with Crippen LogP contribution in [0, 0.1) is 10.1 Å². The van der Waals surface area contributed by atoms with Crippen molar-refractivity contribution in [3.63, 3.8) is 0 Å². The molecule has 1 aromatic rings. The molecule has 0 aromatic heterocycles. The summed E-state index contributed by atoms with van der Waals surface area (Å²) in [5.41, 5.74) is 2.25. The lowest BCUT2D eigenvalue weighted by Crippen LogP contribution is -2.39. The van der Waals surface area contributed by atoms with Gasteiger partial charge < -0.3 is 15.4 Å². The molecule has 0 saturated heterocycles. The molecule has 8 nitrogen and oxygen atoms in total. The number of nitrogens with two attached hydrogens (primary N) is 1. The lowest BCUT2D eigenvalue weighted by Gasteiger charge is -2.26. The number of amides is 1. The quantitative estimate of drug-likeness (QED) is 0.401. The number of hydrazine groups is 1. The second-order valence-corrected chi connectivity index (χ2v) is 4.45. The molecule has 1 aromatic carbocycles. The summed E-state index contributed by atoms with van der Waals surface area (Å²) in [5.74, 6) is 4.81. The standard InChI is InChI=1S/C12H18N4O4/c1-8(2)15(5-6-17)12(18)9-3-4-10(14-13)11(7-9)16(19)20/h3-4,7-8,14,17H,5-6,13H2,1-2H3. The van der Waals surface area contributed by atoms with Crippen LogP contribution < -0.4 is 11.3 Å². The highest BCUT2D eigenvalue weighted by Crippen LogP contribution is 2.25. The summed E-state index contributed by atoms with van der Waals surface area (Å²) in [6, 6.07) is 3.88. The number of nitrogens with zero attached hydrogens (tertiary/aromatic N) is 2. The van der Waals surface area contributed by atoms with E-state index in [0.29, 0.717) is 0 Å². The second kappa shape index (κ2) is 6.83. The molecule has 0 aliphatic carbocycles. The maximum Gasteiger partial charge on any atom is 0.294 e. The minimum absolute atomic E-state index is 0.124. The molecule has 110 valence electrons. The van der Waals surface area contributed by atoms with Gasteiger partial charge >= 0.3 is 0 Å². The molecular weight excluding hydrogens is 264 g/mol. The Morgan fingerprint density at radius 2 is 2.20 bits per heavy atom. The average molecular weight is 282 g/mol. The van der Waals surface area contributed by atoms with Gasteiger partial charge in [-0.1, -0.05) is 0 Å². The summed E-state index contributed by atoms with van der Waals surface area (Å²) >= 11 is 0. The average Bonchev–Trinajstić information content (AvgIpc) is 2.42. The SMILES string of the molecule is CC(C)N(CCO)C(=O)c1ccc(NN)c([N+](=O)[O-])c1. The highest BCUT2D eigenvalue weighted by Gasteiger charge is 2.22. The number of carbonyl (C=O) groups excluding carboxylic acids is 1. The predicted molar refractivity (Wildman–Crippen MR) is 74.2 cm³/mol. The fourth-order valence-electron chi connectivity index (χ4n) is 1.81. The molecule has 0 aliphatic heterocycles. The number of carbonyl (C=O) groups is 1. The summed E-state index contributed by atoms with van der Waals surface area (Å²) in [6.07, 6.45) is 0. The predicted octanol–water partition coefficient (Wildman–Crippen LogP) is 0.723. The number of aliphatic hydroxyl groups excluding tert-OH is 1. The van der Waals surface area contributed by atoms with Gasteiger partial charge in [0, 0.05) is 24.2 Å². The first-order valence-corrected chi connectivity index (χ1v) is 6.09. The summed E-state index contributed by atoms with van der Waals surface area (Å²) in [7, 11) is 0. The second-order valence-electron chi connectivity index (χ2n) is 4.45. The van der Waals surface area contributed by atoms with Crippen LogP contribution in [0.2, 0.25) is 0 Å². The van der Waals surface area contributed by atoms with Crippen molar-refractivity contribution in [1.82, 2.24) is 4.90 Å².